The SMILES string of the molecule is [Ir].[c-]1cccc2c1-c1nccn1CC2.[c-]1ccccc1-c1ccccn1. The fourth-order valence-electron chi connectivity index (χ4n) is 2.92. The summed E-state index contributed by atoms with van der Waals surface area (Å²) in [6.45, 7) is 1.04. The average Bonchev–Trinajstić information content (AvgIpc) is 3.19. The van der Waals surface area contributed by atoms with Gasteiger partial charge in [-0.2, -0.15) is 0 Å². The fraction of sp³-hybridized carbons (Fsp3) is 0.0909. The van der Waals surface area contributed by atoms with Crippen LogP contribution in [0.15, 0.2) is 79.3 Å². The second kappa shape index (κ2) is 8.70. The molecular weight excluding hydrogens is 498 g/mol. The van der Waals surface area contributed by atoms with Crippen molar-refractivity contribution >= 4 is 0 Å². The van der Waals surface area contributed by atoms with Gasteiger partial charge in [0, 0.05) is 45.2 Å². The predicted octanol–water partition coefficient (Wildman–Crippen LogP) is 4.45. The van der Waals surface area contributed by atoms with E-state index in [1.165, 1.54) is 11.1 Å². The molecule has 1 aliphatic heterocycles. The Kier molecular flexibility index (Phi) is 6.11. The zero-order valence-corrected chi connectivity index (χ0v) is 16.5. The maximum atomic E-state index is 4.33. The molecule has 1 radical (unpaired) electrons. The molecule has 5 rings (SSSR count). The van der Waals surface area contributed by atoms with Crippen LogP contribution < -0.4 is 0 Å². The Bertz CT molecular complexity index is 912. The van der Waals surface area contributed by atoms with Crippen molar-refractivity contribution in [2.45, 2.75) is 13.0 Å². The molecule has 2 aromatic carbocycles. The topological polar surface area (TPSA) is 30.7 Å². The summed E-state index contributed by atoms with van der Waals surface area (Å²) in [7, 11) is 0. The van der Waals surface area contributed by atoms with Crippen molar-refractivity contribution in [3.63, 3.8) is 0 Å². The number of hydrogen-bond acceptors (Lipinski definition) is 2. The van der Waals surface area contributed by atoms with Gasteiger partial charge in [-0.25, -0.2) is 0 Å². The van der Waals surface area contributed by atoms with E-state index in [0.717, 1.165) is 30.0 Å². The number of aryl methyl sites for hydroxylation is 2. The molecule has 0 N–H and O–H groups in total. The number of pyridine rings is 1. The van der Waals surface area contributed by atoms with Crippen molar-refractivity contribution in [2.24, 2.45) is 0 Å². The molecule has 0 amide bonds. The summed E-state index contributed by atoms with van der Waals surface area (Å²) in [5.41, 5.74) is 4.54. The minimum atomic E-state index is 0. The summed E-state index contributed by atoms with van der Waals surface area (Å²) in [4.78, 5) is 8.55. The summed E-state index contributed by atoms with van der Waals surface area (Å²) in [6.07, 6.45) is 6.76. The van der Waals surface area contributed by atoms with Crippen molar-refractivity contribution < 1.29 is 20.1 Å². The van der Waals surface area contributed by atoms with Crippen molar-refractivity contribution in [3.05, 3.63) is 97.0 Å². The molecule has 3 nitrogen and oxygen atoms in total. The molecule has 131 valence electrons. The second-order valence-corrected chi connectivity index (χ2v) is 5.76. The van der Waals surface area contributed by atoms with Gasteiger partial charge >= 0.3 is 0 Å². The number of imidazole rings is 1. The Balaban J connectivity index is 0.000000146. The molecule has 4 heteroatoms. The van der Waals surface area contributed by atoms with Crippen molar-refractivity contribution in [3.8, 4) is 22.6 Å². The van der Waals surface area contributed by atoms with Gasteiger partial charge in [-0.05, 0) is 18.2 Å². The third kappa shape index (κ3) is 3.98. The van der Waals surface area contributed by atoms with E-state index in [0.29, 0.717) is 0 Å². The maximum absolute atomic E-state index is 4.33. The van der Waals surface area contributed by atoms with Crippen LogP contribution in [0.25, 0.3) is 22.6 Å². The Hall–Kier alpha value is -2.55. The third-order valence-electron chi connectivity index (χ3n) is 4.15. The molecule has 0 saturated heterocycles. The molecule has 0 unspecified atom stereocenters. The number of benzene rings is 2. The Morgan fingerprint density at radius 3 is 2.54 bits per heavy atom. The standard InChI is InChI=1S/C11H9N2.C11H8N.Ir/c1-2-4-10-9(3-1)5-7-13-8-6-12-11(10)13;1-2-6-10(7-3-1)11-8-4-5-9-12-11;/h1-3,6,8H,5,7H2;1-6,8-9H;/q2*-1;. The molecule has 0 saturated carbocycles. The number of rotatable bonds is 1. The molecule has 0 aliphatic carbocycles. The molecule has 0 bridgehead atoms. The van der Waals surface area contributed by atoms with Crippen molar-refractivity contribution in [1.82, 2.24) is 14.5 Å². The van der Waals surface area contributed by atoms with E-state index < -0.39 is 0 Å². The van der Waals surface area contributed by atoms with Crippen LogP contribution in [0, 0.1) is 12.1 Å². The summed E-state index contributed by atoms with van der Waals surface area (Å²) < 4.78 is 2.18. The van der Waals surface area contributed by atoms with E-state index in [-0.39, 0.29) is 20.1 Å². The first-order valence-electron chi connectivity index (χ1n) is 8.31. The van der Waals surface area contributed by atoms with E-state index >= 15 is 0 Å². The summed E-state index contributed by atoms with van der Waals surface area (Å²) in [6, 6.07) is 26.2. The van der Waals surface area contributed by atoms with Gasteiger partial charge in [-0.3, -0.25) is 4.98 Å². The normalized spacial score (nSPS) is 11.2. The van der Waals surface area contributed by atoms with Gasteiger partial charge < -0.3 is 9.55 Å². The van der Waals surface area contributed by atoms with E-state index in [2.05, 4.69) is 32.7 Å². The predicted molar refractivity (Wildman–Crippen MR) is 98.7 cm³/mol. The number of nitrogens with zero attached hydrogens (tertiary/aromatic N) is 3. The smallest absolute Gasteiger partial charge is 0.0560 e. The first-order chi connectivity index (χ1) is 12.4. The number of fused-ring (bicyclic) bond motifs is 3. The maximum Gasteiger partial charge on any atom is 0.0560 e. The van der Waals surface area contributed by atoms with Gasteiger partial charge in [0.05, 0.1) is 5.82 Å². The summed E-state index contributed by atoms with van der Waals surface area (Å²) in [5.74, 6) is 1.06. The first-order valence-corrected chi connectivity index (χ1v) is 8.31. The monoisotopic (exact) mass is 516 g/mol. The zero-order valence-electron chi connectivity index (χ0n) is 14.1. The molecule has 0 atom stereocenters. The van der Waals surface area contributed by atoms with Crippen molar-refractivity contribution in [1.29, 1.82) is 0 Å². The van der Waals surface area contributed by atoms with E-state index in [1.807, 2.05) is 67.0 Å². The van der Waals surface area contributed by atoms with Crippen LogP contribution >= 0.6 is 0 Å². The van der Waals surface area contributed by atoms with Crippen LogP contribution in [0.2, 0.25) is 0 Å². The Morgan fingerprint density at radius 2 is 1.73 bits per heavy atom. The summed E-state index contributed by atoms with van der Waals surface area (Å²) >= 11 is 0. The molecule has 0 fully saturated rings. The minimum absolute atomic E-state index is 0. The van der Waals surface area contributed by atoms with Gasteiger partial charge in [0.2, 0.25) is 0 Å². The van der Waals surface area contributed by atoms with Crippen LogP contribution in [0.4, 0.5) is 0 Å². The number of aromatic nitrogens is 3. The van der Waals surface area contributed by atoms with Gasteiger partial charge in [0.25, 0.3) is 0 Å². The molecular formula is C22H17IrN3-2. The Labute approximate surface area is 167 Å². The van der Waals surface area contributed by atoms with E-state index in [1.54, 1.807) is 6.20 Å². The van der Waals surface area contributed by atoms with Crippen LogP contribution in [0.5, 0.6) is 0 Å². The third-order valence-corrected chi connectivity index (χ3v) is 4.15. The first kappa shape index (κ1) is 18.2. The van der Waals surface area contributed by atoms with E-state index in [4.69, 9.17) is 0 Å². The molecule has 0 spiro atoms. The molecule has 26 heavy (non-hydrogen) atoms. The molecule has 1 aliphatic rings. The molecule has 4 aromatic rings. The number of hydrogen-bond donors (Lipinski definition) is 0. The summed E-state index contributed by atoms with van der Waals surface area (Å²) in [5, 5.41) is 0. The quantitative estimate of drug-likeness (QED) is 0.351. The average molecular weight is 516 g/mol. The van der Waals surface area contributed by atoms with Gasteiger partial charge in [0.15, 0.2) is 0 Å². The van der Waals surface area contributed by atoms with Crippen LogP contribution in [-0.4, -0.2) is 14.5 Å². The minimum Gasteiger partial charge on any atom is -0.371 e. The van der Waals surface area contributed by atoms with Gasteiger partial charge in [0.1, 0.15) is 0 Å². The zero-order chi connectivity index (χ0) is 16.9. The van der Waals surface area contributed by atoms with Crippen LogP contribution in [0.3, 0.4) is 0 Å². The van der Waals surface area contributed by atoms with Gasteiger partial charge in [-0.1, -0.05) is 12.1 Å². The van der Waals surface area contributed by atoms with E-state index in [9.17, 15) is 0 Å². The van der Waals surface area contributed by atoms with Crippen LogP contribution in [-0.2, 0) is 33.1 Å². The van der Waals surface area contributed by atoms with Crippen molar-refractivity contribution in [2.75, 3.05) is 0 Å². The molecule has 3 heterocycles. The van der Waals surface area contributed by atoms with Crippen LogP contribution in [0.1, 0.15) is 5.56 Å². The Morgan fingerprint density at radius 1 is 0.846 bits per heavy atom. The van der Waals surface area contributed by atoms with Gasteiger partial charge in [-0.15, -0.1) is 71.3 Å². The molecule has 2 aromatic heterocycles. The second-order valence-electron chi connectivity index (χ2n) is 5.76. The largest absolute Gasteiger partial charge is 0.371 e. The fourth-order valence-corrected chi connectivity index (χ4v) is 2.92.